The predicted molar refractivity (Wildman–Crippen MR) is 77.8 cm³/mol. The van der Waals surface area contributed by atoms with Crippen LogP contribution in [0, 0.1) is 12.8 Å². The van der Waals surface area contributed by atoms with Gasteiger partial charge in [-0.25, -0.2) is 4.79 Å². The fourth-order valence-electron chi connectivity index (χ4n) is 2.59. The number of nitrogens with one attached hydrogen (secondary N) is 1. The molecule has 1 atom stereocenters. The van der Waals surface area contributed by atoms with Crippen molar-refractivity contribution in [1.82, 2.24) is 5.32 Å². The first-order chi connectivity index (χ1) is 9.64. The van der Waals surface area contributed by atoms with Gasteiger partial charge < -0.3 is 9.47 Å². The third kappa shape index (κ3) is 2.96. The third-order valence-corrected chi connectivity index (χ3v) is 3.87. The first-order valence-corrected chi connectivity index (χ1v) is 7.16. The van der Waals surface area contributed by atoms with E-state index in [0.29, 0.717) is 19.1 Å². The fraction of sp³-hybridized carbons (Fsp3) is 0.562. The normalized spacial score (nSPS) is 17.4. The molecular weight excluding hydrogens is 254 g/mol. The van der Waals surface area contributed by atoms with E-state index in [1.54, 1.807) is 0 Å². The van der Waals surface area contributed by atoms with Gasteiger partial charge in [-0.15, -0.1) is 0 Å². The van der Waals surface area contributed by atoms with Crippen LogP contribution in [0.2, 0.25) is 0 Å². The zero-order valence-electron chi connectivity index (χ0n) is 12.4. The van der Waals surface area contributed by atoms with Crippen LogP contribution in [0.4, 0.5) is 0 Å². The number of hydrogen-bond acceptors (Lipinski definition) is 4. The van der Waals surface area contributed by atoms with Crippen LogP contribution in [-0.4, -0.2) is 31.8 Å². The Kier molecular flexibility index (Phi) is 4.65. The number of benzene rings is 1. The van der Waals surface area contributed by atoms with E-state index in [2.05, 4.69) is 5.32 Å². The number of esters is 1. The summed E-state index contributed by atoms with van der Waals surface area (Å²) >= 11 is 0. The third-order valence-electron chi connectivity index (χ3n) is 3.87. The van der Waals surface area contributed by atoms with E-state index in [4.69, 9.17) is 9.47 Å². The monoisotopic (exact) mass is 277 g/mol. The lowest BCUT2D eigenvalue weighted by Crippen LogP contribution is -2.58. The van der Waals surface area contributed by atoms with Crippen LogP contribution in [0.3, 0.4) is 0 Å². The number of ether oxygens (including phenoxy) is 2. The highest BCUT2D eigenvalue weighted by atomic mass is 16.5. The van der Waals surface area contributed by atoms with Gasteiger partial charge in [0.1, 0.15) is 12.4 Å². The first-order valence-electron chi connectivity index (χ1n) is 7.16. The highest BCUT2D eigenvalue weighted by Crippen LogP contribution is 2.41. The summed E-state index contributed by atoms with van der Waals surface area (Å²) in [5.41, 5.74) is 0.352. The number of hydrogen-bond donors (Lipinski definition) is 1. The molecule has 1 aromatic rings. The number of para-hydroxylation sites is 1. The second kappa shape index (κ2) is 6.27. The Morgan fingerprint density at radius 1 is 1.40 bits per heavy atom. The van der Waals surface area contributed by atoms with E-state index in [1.165, 1.54) is 7.11 Å². The molecule has 1 unspecified atom stereocenters. The van der Waals surface area contributed by atoms with Gasteiger partial charge in [0.05, 0.1) is 7.11 Å². The molecule has 20 heavy (non-hydrogen) atoms. The van der Waals surface area contributed by atoms with Crippen LogP contribution >= 0.6 is 0 Å². The van der Waals surface area contributed by atoms with Crippen LogP contribution in [0.5, 0.6) is 5.75 Å². The predicted octanol–water partition coefficient (Wildman–Crippen LogP) is 2.31. The summed E-state index contributed by atoms with van der Waals surface area (Å²) < 4.78 is 10.9. The van der Waals surface area contributed by atoms with Crippen LogP contribution in [0.1, 0.15) is 25.3 Å². The molecule has 110 valence electrons. The van der Waals surface area contributed by atoms with E-state index in [0.717, 1.165) is 24.2 Å². The molecule has 1 aliphatic carbocycles. The molecule has 1 fully saturated rings. The summed E-state index contributed by atoms with van der Waals surface area (Å²) in [6, 6.07) is 7.84. The lowest BCUT2D eigenvalue weighted by Gasteiger charge is -2.32. The van der Waals surface area contributed by atoms with Crippen LogP contribution in [0.15, 0.2) is 24.3 Å². The molecule has 1 aliphatic rings. The van der Waals surface area contributed by atoms with Crippen molar-refractivity contribution >= 4 is 5.97 Å². The van der Waals surface area contributed by atoms with Gasteiger partial charge >= 0.3 is 5.97 Å². The highest BCUT2D eigenvalue weighted by molar-refractivity contribution is 5.82. The number of methoxy groups -OCH3 is 1. The number of carbonyl (C=O) groups is 1. The Morgan fingerprint density at radius 3 is 2.65 bits per heavy atom. The zero-order chi connectivity index (χ0) is 14.6. The van der Waals surface area contributed by atoms with Crippen molar-refractivity contribution < 1.29 is 14.3 Å². The Balaban J connectivity index is 2.15. The van der Waals surface area contributed by atoms with Gasteiger partial charge in [-0.3, -0.25) is 5.32 Å². The molecule has 0 heterocycles. The van der Waals surface area contributed by atoms with Crippen molar-refractivity contribution in [2.45, 2.75) is 32.2 Å². The molecule has 0 amide bonds. The van der Waals surface area contributed by atoms with E-state index in [9.17, 15) is 4.79 Å². The lowest BCUT2D eigenvalue weighted by molar-refractivity contribution is -0.151. The van der Waals surface area contributed by atoms with E-state index in [-0.39, 0.29) is 5.97 Å². The summed E-state index contributed by atoms with van der Waals surface area (Å²) in [6.07, 6.45) is 2.08. The molecular formula is C16H23NO3. The zero-order valence-corrected chi connectivity index (χ0v) is 12.4. The molecule has 0 radical (unpaired) electrons. The maximum atomic E-state index is 12.2. The Bertz CT molecular complexity index is 471. The van der Waals surface area contributed by atoms with E-state index >= 15 is 0 Å². The van der Waals surface area contributed by atoms with Gasteiger partial charge in [0.15, 0.2) is 5.54 Å². The van der Waals surface area contributed by atoms with Crippen LogP contribution in [-0.2, 0) is 9.53 Å². The van der Waals surface area contributed by atoms with Crippen LogP contribution in [0.25, 0.3) is 0 Å². The Hall–Kier alpha value is -1.55. The molecule has 4 nitrogen and oxygen atoms in total. The summed E-state index contributed by atoms with van der Waals surface area (Å²) in [4.78, 5) is 12.2. The molecule has 1 N–H and O–H groups in total. The number of likely N-dealkylation sites (N-methyl/N-ethyl adjacent to an activating group) is 1. The van der Waals surface area contributed by atoms with Gasteiger partial charge in [0.2, 0.25) is 0 Å². The molecule has 0 spiro atoms. The Labute approximate surface area is 120 Å². The summed E-state index contributed by atoms with van der Waals surface area (Å²) in [5, 5.41) is 3.30. The second-order valence-electron chi connectivity index (χ2n) is 5.32. The van der Waals surface area contributed by atoms with Gasteiger partial charge in [0, 0.05) is 0 Å². The average Bonchev–Trinajstić information content (AvgIpc) is 3.29. The van der Waals surface area contributed by atoms with Gasteiger partial charge in [-0.1, -0.05) is 25.1 Å². The maximum absolute atomic E-state index is 12.2. The second-order valence-corrected chi connectivity index (χ2v) is 5.32. The minimum Gasteiger partial charge on any atom is -0.491 e. The molecule has 0 aliphatic heterocycles. The van der Waals surface area contributed by atoms with Crippen molar-refractivity contribution in [3.63, 3.8) is 0 Å². The van der Waals surface area contributed by atoms with Gasteiger partial charge in [-0.2, -0.15) is 0 Å². The minimum atomic E-state index is -0.716. The lowest BCUT2D eigenvalue weighted by atomic mass is 9.94. The smallest absolute Gasteiger partial charge is 0.329 e. The largest absolute Gasteiger partial charge is 0.491 e. The number of rotatable bonds is 7. The standard InChI is InChI=1S/C16H23NO3/c1-4-17-16(13-9-10-13,15(18)19-3)11-20-14-8-6-5-7-12(14)2/h5-8,13,17H,4,9-11H2,1-3H3. The first kappa shape index (κ1) is 14.9. The Morgan fingerprint density at radius 2 is 2.10 bits per heavy atom. The molecule has 0 bridgehead atoms. The summed E-state index contributed by atoms with van der Waals surface area (Å²) in [7, 11) is 1.44. The minimum absolute atomic E-state index is 0.226. The van der Waals surface area contributed by atoms with E-state index in [1.807, 2.05) is 38.1 Å². The van der Waals surface area contributed by atoms with Crippen molar-refractivity contribution in [1.29, 1.82) is 0 Å². The van der Waals surface area contributed by atoms with Crippen molar-refractivity contribution in [2.75, 3.05) is 20.3 Å². The quantitative estimate of drug-likeness (QED) is 0.777. The van der Waals surface area contributed by atoms with Gasteiger partial charge in [0.25, 0.3) is 0 Å². The molecule has 1 aromatic carbocycles. The molecule has 2 rings (SSSR count). The van der Waals surface area contributed by atoms with Gasteiger partial charge in [-0.05, 0) is 43.9 Å². The SMILES string of the molecule is CCNC(COc1ccccc1C)(C(=O)OC)C1CC1. The molecule has 0 saturated heterocycles. The molecule has 1 saturated carbocycles. The van der Waals surface area contributed by atoms with Crippen molar-refractivity contribution in [3.8, 4) is 5.75 Å². The topological polar surface area (TPSA) is 47.6 Å². The molecule has 4 heteroatoms. The average molecular weight is 277 g/mol. The number of carbonyl (C=O) groups excluding carboxylic acids is 1. The highest BCUT2D eigenvalue weighted by Gasteiger charge is 2.52. The summed E-state index contributed by atoms with van der Waals surface area (Å²) in [6.45, 7) is 5.01. The number of aryl methyl sites for hydroxylation is 1. The van der Waals surface area contributed by atoms with Crippen molar-refractivity contribution in [2.24, 2.45) is 5.92 Å². The molecule has 0 aromatic heterocycles. The fourth-order valence-corrected chi connectivity index (χ4v) is 2.59. The summed E-state index contributed by atoms with van der Waals surface area (Å²) in [5.74, 6) is 0.897. The van der Waals surface area contributed by atoms with Crippen LogP contribution < -0.4 is 10.1 Å². The maximum Gasteiger partial charge on any atom is 0.329 e. The van der Waals surface area contributed by atoms with Crippen molar-refractivity contribution in [3.05, 3.63) is 29.8 Å². The van der Waals surface area contributed by atoms with E-state index < -0.39 is 5.54 Å².